The minimum absolute atomic E-state index is 0.196. The Morgan fingerprint density at radius 1 is 1.39 bits per heavy atom. The van der Waals surface area contributed by atoms with Crippen LogP contribution in [-0.4, -0.2) is 24.1 Å². The molecule has 4 nitrogen and oxygen atoms in total. The molecule has 1 heterocycles. The number of ether oxygens (including phenoxy) is 1. The molecule has 0 saturated heterocycles. The van der Waals surface area contributed by atoms with E-state index in [0.29, 0.717) is 5.56 Å². The Labute approximate surface area is 110 Å². The monoisotopic (exact) mass is 268 g/mol. The Balaban J connectivity index is 2.90. The number of thiophene rings is 1. The van der Waals surface area contributed by atoms with E-state index in [1.807, 2.05) is 0 Å². The Bertz CT molecular complexity index is 436. The zero-order chi connectivity index (χ0) is 13.7. The van der Waals surface area contributed by atoms with Gasteiger partial charge in [0.15, 0.2) is 5.78 Å². The molecule has 0 amide bonds. The highest BCUT2D eigenvalue weighted by Gasteiger charge is 2.35. The lowest BCUT2D eigenvalue weighted by Gasteiger charge is -2.18. The molecule has 0 aliphatic heterocycles. The third-order valence-electron chi connectivity index (χ3n) is 2.70. The van der Waals surface area contributed by atoms with Crippen molar-refractivity contribution in [2.24, 2.45) is 11.8 Å². The van der Waals surface area contributed by atoms with Crippen LogP contribution in [0.2, 0.25) is 0 Å². The predicted octanol–water partition coefficient (Wildman–Crippen LogP) is 2.34. The highest BCUT2D eigenvalue weighted by molar-refractivity contribution is 7.08. The fraction of sp³-hybridized carbons (Fsp3) is 0.462. The standard InChI is InChI=1S/C13H16O4S/c1-4-17-13(16)11(9(3)14)8(2)12(15)10-5-6-18-7-10/h5-8,11H,4H2,1-3H3/t8-,11+/m1/s1. The van der Waals surface area contributed by atoms with Gasteiger partial charge in [0.1, 0.15) is 11.7 Å². The Morgan fingerprint density at radius 2 is 2.06 bits per heavy atom. The number of carbonyl (C=O) groups excluding carboxylic acids is 3. The highest BCUT2D eigenvalue weighted by Crippen LogP contribution is 2.21. The van der Waals surface area contributed by atoms with Crippen LogP contribution in [0.4, 0.5) is 0 Å². The first-order valence-electron chi connectivity index (χ1n) is 5.72. The molecule has 5 heteroatoms. The molecule has 0 bridgehead atoms. The van der Waals surface area contributed by atoms with Gasteiger partial charge >= 0.3 is 5.97 Å². The Kier molecular flexibility index (Phi) is 5.22. The van der Waals surface area contributed by atoms with Gasteiger partial charge in [-0.15, -0.1) is 0 Å². The molecular formula is C13H16O4S. The predicted molar refractivity (Wildman–Crippen MR) is 68.6 cm³/mol. The van der Waals surface area contributed by atoms with Crippen LogP contribution in [0.15, 0.2) is 16.8 Å². The molecule has 1 rings (SSSR count). The van der Waals surface area contributed by atoms with Gasteiger partial charge in [-0.3, -0.25) is 14.4 Å². The third-order valence-corrected chi connectivity index (χ3v) is 3.38. The molecule has 0 saturated carbocycles. The van der Waals surface area contributed by atoms with E-state index in [2.05, 4.69) is 0 Å². The van der Waals surface area contributed by atoms with Gasteiger partial charge in [-0.25, -0.2) is 0 Å². The van der Waals surface area contributed by atoms with Crippen LogP contribution in [-0.2, 0) is 14.3 Å². The van der Waals surface area contributed by atoms with Crippen molar-refractivity contribution in [1.29, 1.82) is 0 Å². The van der Waals surface area contributed by atoms with E-state index < -0.39 is 17.8 Å². The van der Waals surface area contributed by atoms with E-state index in [0.717, 1.165) is 0 Å². The van der Waals surface area contributed by atoms with Crippen LogP contribution in [0.1, 0.15) is 31.1 Å². The molecule has 1 aromatic heterocycles. The van der Waals surface area contributed by atoms with Gasteiger partial charge < -0.3 is 4.74 Å². The van der Waals surface area contributed by atoms with Crippen molar-refractivity contribution < 1.29 is 19.1 Å². The molecule has 0 aliphatic rings. The molecular weight excluding hydrogens is 252 g/mol. The van der Waals surface area contributed by atoms with E-state index in [9.17, 15) is 14.4 Å². The zero-order valence-electron chi connectivity index (χ0n) is 10.6. The van der Waals surface area contributed by atoms with Gasteiger partial charge in [-0.2, -0.15) is 11.3 Å². The second-order valence-electron chi connectivity index (χ2n) is 4.01. The van der Waals surface area contributed by atoms with Crippen molar-refractivity contribution in [3.05, 3.63) is 22.4 Å². The fourth-order valence-corrected chi connectivity index (χ4v) is 2.42. The van der Waals surface area contributed by atoms with Crippen molar-refractivity contribution in [1.82, 2.24) is 0 Å². The van der Waals surface area contributed by atoms with E-state index in [-0.39, 0.29) is 18.2 Å². The van der Waals surface area contributed by atoms with Crippen LogP contribution in [0.25, 0.3) is 0 Å². The summed E-state index contributed by atoms with van der Waals surface area (Å²) in [6.45, 7) is 4.75. The van der Waals surface area contributed by atoms with Gasteiger partial charge in [-0.1, -0.05) is 6.92 Å². The average molecular weight is 268 g/mol. The first-order chi connectivity index (χ1) is 8.49. The van der Waals surface area contributed by atoms with Crippen molar-refractivity contribution >= 4 is 28.9 Å². The molecule has 98 valence electrons. The van der Waals surface area contributed by atoms with E-state index in [1.54, 1.807) is 30.7 Å². The molecule has 0 spiro atoms. The van der Waals surface area contributed by atoms with Crippen LogP contribution in [0.3, 0.4) is 0 Å². The first kappa shape index (κ1) is 14.6. The maximum atomic E-state index is 12.1. The molecule has 2 atom stereocenters. The number of Topliss-reactive ketones (excluding diaryl/α,β-unsaturated/α-hetero) is 2. The van der Waals surface area contributed by atoms with E-state index >= 15 is 0 Å². The van der Waals surface area contributed by atoms with Crippen LogP contribution in [0.5, 0.6) is 0 Å². The van der Waals surface area contributed by atoms with Crippen molar-refractivity contribution in [3.8, 4) is 0 Å². The molecule has 18 heavy (non-hydrogen) atoms. The largest absolute Gasteiger partial charge is 0.465 e. The van der Waals surface area contributed by atoms with Crippen molar-refractivity contribution in [2.75, 3.05) is 6.61 Å². The second kappa shape index (κ2) is 6.44. The first-order valence-corrected chi connectivity index (χ1v) is 6.66. The lowest BCUT2D eigenvalue weighted by molar-refractivity contribution is -0.152. The molecule has 0 N–H and O–H groups in total. The zero-order valence-corrected chi connectivity index (χ0v) is 11.5. The summed E-state index contributed by atoms with van der Waals surface area (Å²) in [6.07, 6.45) is 0. The Morgan fingerprint density at radius 3 is 2.50 bits per heavy atom. The van der Waals surface area contributed by atoms with Gasteiger partial charge in [0.25, 0.3) is 0 Å². The van der Waals surface area contributed by atoms with E-state index in [4.69, 9.17) is 4.74 Å². The normalized spacial score (nSPS) is 13.7. The number of ketones is 2. The number of esters is 1. The van der Waals surface area contributed by atoms with Crippen molar-refractivity contribution in [3.63, 3.8) is 0 Å². The van der Waals surface area contributed by atoms with Gasteiger partial charge in [-0.05, 0) is 25.3 Å². The molecule has 0 aliphatic carbocycles. The van der Waals surface area contributed by atoms with Crippen LogP contribution < -0.4 is 0 Å². The molecule has 0 aromatic carbocycles. The summed E-state index contributed by atoms with van der Waals surface area (Å²) in [7, 11) is 0. The summed E-state index contributed by atoms with van der Waals surface area (Å²) in [5.74, 6) is -2.89. The summed E-state index contributed by atoms with van der Waals surface area (Å²) < 4.78 is 4.84. The number of hydrogen-bond acceptors (Lipinski definition) is 5. The summed E-state index contributed by atoms with van der Waals surface area (Å²) in [6, 6.07) is 1.69. The quantitative estimate of drug-likeness (QED) is 0.451. The van der Waals surface area contributed by atoms with Crippen LogP contribution >= 0.6 is 11.3 Å². The lowest BCUT2D eigenvalue weighted by Crippen LogP contribution is -2.34. The number of carbonyl (C=O) groups is 3. The molecule has 0 radical (unpaired) electrons. The maximum Gasteiger partial charge on any atom is 0.317 e. The lowest BCUT2D eigenvalue weighted by atomic mass is 9.85. The maximum absolute atomic E-state index is 12.1. The van der Waals surface area contributed by atoms with Gasteiger partial charge in [0, 0.05) is 16.9 Å². The SMILES string of the molecule is CCOC(=O)[C@H](C(C)=O)[C@@H](C)C(=O)c1ccsc1. The smallest absolute Gasteiger partial charge is 0.317 e. The van der Waals surface area contributed by atoms with Crippen molar-refractivity contribution in [2.45, 2.75) is 20.8 Å². The second-order valence-corrected chi connectivity index (χ2v) is 4.79. The Hall–Kier alpha value is -1.49. The average Bonchev–Trinajstić information content (AvgIpc) is 2.81. The minimum atomic E-state index is -1.02. The molecule has 0 unspecified atom stereocenters. The minimum Gasteiger partial charge on any atom is -0.465 e. The summed E-state index contributed by atoms with van der Waals surface area (Å²) >= 11 is 1.40. The van der Waals surface area contributed by atoms with Gasteiger partial charge in [0.05, 0.1) is 6.61 Å². The summed E-state index contributed by atoms with van der Waals surface area (Å²) in [5, 5.41) is 3.49. The van der Waals surface area contributed by atoms with E-state index in [1.165, 1.54) is 18.3 Å². The van der Waals surface area contributed by atoms with Gasteiger partial charge in [0.2, 0.25) is 0 Å². The fourth-order valence-electron chi connectivity index (χ4n) is 1.77. The summed E-state index contributed by atoms with van der Waals surface area (Å²) in [4.78, 5) is 35.3. The summed E-state index contributed by atoms with van der Waals surface area (Å²) in [5.41, 5.74) is 0.531. The number of rotatable bonds is 6. The number of hydrogen-bond donors (Lipinski definition) is 0. The molecule has 1 aromatic rings. The molecule has 0 fully saturated rings. The topological polar surface area (TPSA) is 60.4 Å². The highest BCUT2D eigenvalue weighted by atomic mass is 32.1. The van der Waals surface area contributed by atoms with Crippen LogP contribution in [0, 0.1) is 11.8 Å². The third kappa shape index (κ3) is 3.26.